The fraction of sp³-hybridized carbons (Fsp3) is 0.733. The molecule has 1 aromatic rings. The second kappa shape index (κ2) is 8.04. The summed E-state index contributed by atoms with van der Waals surface area (Å²) in [6, 6.07) is 0.725. The summed E-state index contributed by atoms with van der Waals surface area (Å²) in [6.45, 7) is 4.16. The van der Waals surface area contributed by atoms with Crippen LogP contribution in [0.15, 0.2) is 12.5 Å². The van der Waals surface area contributed by atoms with Gasteiger partial charge >= 0.3 is 5.97 Å². The van der Waals surface area contributed by atoms with Crippen LogP contribution in [0.1, 0.15) is 51.1 Å². The van der Waals surface area contributed by atoms with Gasteiger partial charge in [0.1, 0.15) is 0 Å². The molecule has 1 heterocycles. The van der Waals surface area contributed by atoms with Crippen LogP contribution in [0.2, 0.25) is 0 Å². The number of imidazole rings is 1. The lowest BCUT2D eigenvalue weighted by atomic mass is 10.2. The molecule has 0 amide bonds. The number of aromatic nitrogens is 2. The van der Waals surface area contributed by atoms with E-state index in [1.54, 1.807) is 0 Å². The Kier molecular flexibility index (Phi) is 6.05. The summed E-state index contributed by atoms with van der Waals surface area (Å²) in [5, 5.41) is 3.46. The average molecular weight is 279 g/mol. The van der Waals surface area contributed by atoms with Gasteiger partial charge in [-0.2, -0.15) is 0 Å². The molecule has 1 saturated carbocycles. The van der Waals surface area contributed by atoms with Gasteiger partial charge in [-0.1, -0.05) is 6.42 Å². The van der Waals surface area contributed by atoms with Crippen LogP contribution in [0.4, 0.5) is 0 Å². The third-order valence-corrected chi connectivity index (χ3v) is 3.44. The van der Waals surface area contributed by atoms with E-state index >= 15 is 0 Å². The van der Waals surface area contributed by atoms with E-state index in [0.717, 1.165) is 44.1 Å². The molecule has 0 unspecified atom stereocenters. The minimum absolute atomic E-state index is 0.0800. The van der Waals surface area contributed by atoms with Gasteiger partial charge in [0.2, 0.25) is 0 Å². The first-order valence-electron chi connectivity index (χ1n) is 7.67. The molecule has 20 heavy (non-hydrogen) atoms. The number of hydrogen-bond acceptors (Lipinski definition) is 4. The molecular weight excluding hydrogens is 254 g/mol. The van der Waals surface area contributed by atoms with E-state index in [1.165, 1.54) is 12.8 Å². The number of esters is 1. The number of carbonyl (C=O) groups is 1. The maximum absolute atomic E-state index is 11.2. The molecule has 0 spiro atoms. The van der Waals surface area contributed by atoms with Gasteiger partial charge in [-0.05, 0) is 32.6 Å². The molecule has 0 atom stereocenters. The fourth-order valence-electron chi connectivity index (χ4n) is 2.13. The highest BCUT2D eigenvalue weighted by atomic mass is 16.5. The zero-order valence-corrected chi connectivity index (χ0v) is 12.3. The van der Waals surface area contributed by atoms with Crippen LogP contribution in [0.25, 0.3) is 0 Å². The second-order valence-corrected chi connectivity index (χ2v) is 5.37. The monoisotopic (exact) mass is 279 g/mol. The van der Waals surface area contributed by atoms with E-state index < -0.39 is 0 Å². The minimum atomic E-state index is -0.0800. The quantitative estimate of drug-likeness (QED) is 0.527. The maximum Gasteiger partial charge on any atom is 0.305 e. The highest BCUT2D eigenvalue weighted by Gasteiger charge is 2.20. The molecule has 1 aliphatic rings. The van der Waals surface area contributed by atoms with Crippen molar-refractivity contribution in [3.63, 3.8) is 0 Å². The van der Waals surface area contributed by atoms with Crippen LogP contribution in [-0.4, -0.2) is 28.2 Å². The molecule has 0 radical (unpaired) electrons. The summed E-state index contributed by atoms with van der Waals surface area (Å²) in [6.07, 6.45) is 10.2. The number of hydrogen-bond donors (Lipinski definition) is 1. The van der Waals surface area contributed by atoms with Gasteiger partial charge in [-0.25, -0.2) is 4.98 Å². The first-order chi connectivity index (χ1) is 9.78. The smallest absolute Gasteiger partial charge is 0.305 e. The van der Waals surface area contributed by atoms with E-state index in [2.05, 4.69) is 21.1 Å². The Morgan fingerprint density at radius 2 is 2.30 bits per heavy atom. The molecule has 1 aliphatic carbocycles. The predicted molar refractivity (Wildman–Crippen MR) is 77.2 cm³/mol. The third kappa shape index (κ3) is 5.74. The number of rotatable bonds is 10. The van der Waals surface area contributed by atoms with Crippen molar-refractivity contribution in [2.75, 3.05) is 6.61 Å². The van der Waals surface area contributed by atoms with E-state index in [9.17, 15) is 4.79 Å². The molecule has 1 fully saturated rings. The molecule has 0 saturated heterocycles. The topological polar surface area (TPSA) is 56.2 Å². The molecule has 1 N–H and O–H groups in total. The summed E-state index contributed by atoms with van der Waals surface area (Å²) in [7, 11) is 0. The largest absolute Gasteiger partial charge is 0.466 e. The standard InChI is InChI=1S/C15H25N3O2/c1-2-20-15(19)6-4-3-5-9-18-11-14(17-12-18)10-16-13-7-8-13/h11-13,16H,2-10H2,1H3. The Bertz CT molecular complexity index is 413. The van der Waals surface area contributed by atoms with E-state index in [0.29, 0.717) is 13.0 Å². The molecule has 1 aromatic heterocycles. The van der Waals surface area contributed by atoms with E-state index in [4.69, 9.17) is 4.74 Å². The van der Waals surface area contributed by atoms with E-state index in [1.807, 2.05) is 13.3 Å². The number of aryl methyl sites for hydroxylation is 1. The molecule has 0 aliphatic heterocycles. The highest BCUT2D eigenvalue weighted by Crippen LogP contribution is 2.19. The first kappa shape index (κ1) is 15.0. The van der Waals surface area contributed by atoms with Crippen molar-refractivity contribution in [2.24, 2.45) is 0 Å². The Morgan fingerprint density at radius 3 is 3.05 bits per heavy atom. The zero-order chi connectivity index (χ0) is 14.2. The summed E-state index contributed by atoms with van der Waals surface area (Å²) in [5.74, 6) is -0.0800. The van der Waals surface area contributed by atoms with Crippen molar-refractivity contribution in [3.05, 3.63) is 18.2 Å². The first-order valence-corrected chi connectivity index (χ1v) is 7.67. The van der Waals surface area contributed by atoms with Crippen molar-refractivity contribution >= 4 is 5.97 Å². The van der Waals surface area contributed by atoms with Crippen LogP contribution in [0, 0.1) is 0 Å². The predicted octanol–water partition coefficient (Wildman–Crippen LogP) is 2.26. The number of ether oxygens (including phenoxy) is 1. The Hall–Kier alpha value is -1.36. The van der Waals surface area contributed by atoms with Crippen LogP contribution < -0.4 is 5.32 Å². The molecule has 112 valence electrons. The molecule has 2 rings (SSSR count). The van der Waals surface area contributed by atoms with Crippen LogP contribution in [-0.2, 0) is 22.6 Å². The van der Waals surface area contributed by atoms with Gasteiger partial charge in [0.05, 0.1) is 18.6 Å². The molecule has 0 bridgehead atoms. The Morgan fingerprint density at radius 1 is 1.45 bits per heavy atom. The molecular formula is C15H25N3O2. The van der Waals surface area contributed by atoms with Crippen molar-refractivity contribution in [2.45, 2.75) is 64.6 Å². The van der Waals surface area contributed by atoms with Crippen LogP contribution in [0.3, 0.4) is 0 Å². The molecule has 0 aromatic carbocycles. The summed E-state index contributed by atoms with van der Waals surface area (Å²) in [4.78, 5) is 15.6. The number of nitrogens with one attached hydrogen (secondary N) is 1. The van der Waals surface area contributed by atoms with Gasteiger partial charge in [-0.3, -0.25) is 4.79 Å². The van der Waals surface area contributed by atoms with Gasteiger partial charge < -0.3 is 14.6 Å². The van der Waals surface area contributed by atoms with E-state index in [-0.39, 0.29) is 5.97 Å². The maximum atomic E-state index is 11.2. The van der Waals surface area contributed by atoms with Crippen LogP contribution >= 0.6 is 0 Å². The summed E-state index contributed by atoms with van der Waals surface area (Å²) >= 11 is 0. The molecule has 5 nitrogen and oxygen atoms in total. The number of nitrogens with zero attached hydrogens (tertiary/aromatic N) is 2. The highest BCUT2D eigenvalue weighted by molar-refractivity contribution is 5.69. The lowest BCUT2D eigenvalue weighted by molar-refractivity contribution is -0.143. The van der Waals surface area contributed by atoms with Gasteiger partial charge in [0.15, 0.2) is 0 Å². The summed E-state index contributed by atoms with van der Waals surface area (Å²) < 4.78 is 7.03. The van der Waals surface area contributed by atoms with Gasteiger partial charge in [0.25, 0.3) is 0 Å². The lowest BCUT2D eigenvalue weighted by Crippen LogP contribution is -2.15. The SMILES string of the molecule is CCOC(=O)CCCCCn1cnc(CNC2CC2)c1. The molecule has 5 heteroatoms. The normalized spacial score (nSPS) is 14.4. The van der Waals surface area contributed by atoms with Crippen molar-refractivity contribution in [3.8, 4) is 0 Å². The van der Waals surface area contributed by atoms with Gasteiger partial charge in [0, 0.05) is 31.7 Å². The second-order valence-electron chi connectivity index (χ2n) is 5.37. The van der Waals surface area contributed by atoms with Crippen molar-refractivity contribution < 1.29 is 9.53 Å². The van der Waals surface area contributed by atoms with Crippen molar-refractivity contribution in [1.82, 2.24) is 14.9 Å². The van der Waals surface area contributed by atoms with Crippen LogP contribution in [0.5, 0.6) is 0 Å². The number of carbonyl (C=O) groups excluding carboxylic acids is 1. The zero-order valence-electron chi connectivity index (χ0n) is 12.3. The Balaban J connectivity index is 1.53. The van der Waals surface area contributed by atoms with Crippen molar-refractivity contribution in [1.29, 1.82) is 0 Å². The van der Waals surface area contributed by atoms with Gasteiger partial charge in [-0.15, -0.1) is 0 Å². The fourth-order valence-corrected chi connectivity index (χ4v) is 2.13. The average Bonchev–Trinajstić information content (AvgIpc) is 3.16. The lowest BCUT2D eigenvalue weighted by Gasteiger charge is -2.03. The minimum Gasteiger partial charge on any atom is -0.466 e. The Labute approximate surface area is 120 Å². The summed E-state index contributed by atoms with van der Waals surface area (Å²) in [5.41, 5.74) is 1.11. The number of unbranched alkanes of at least 4 members (excludes halogenated alkanes) is 2. The third-order valence-electron chi connectivity index (χ3n) is 3.44.